The number of aromatic nitrogens is 1. The third-order valence-corrected chi connectivity index (χ3v) is 2.84. The average Bonchev–Trinajstić information content (AvgIpc) is 2.38. The van der Waals surface area contributed by atoms with E-state index in [1.807, 2.05) is 0 Å². The second kappa shape index (κ2) is 5.91. The summed E-state index contributed by atoms with van der Waals surface area (Å²) in [5, 5.41) is 3.57. The minimum Gasteiger partial charge on any atom is -0.496 e. The maximum atomic E-state index is 12.1. The van der Waals surface area contributed by atoms with Crippen LogP contribution in [-0.4, -0.2) is 18.0 Å². The molecule has 2 aromatic rings. The zero-order chi connectivity index (χ0) is 13.8. The van der Waals surface area contributed by atoms with E-state index < -0.39 is 0 Å². The first-order chi connectivity index (χ1) is 9.10. The topological polar surface area (TPSA) is 51.2 Å². The monoisotopic (exact) mass is 296 g/mol. The Hall–Kier alpha value is -1.78. The van der Waals surface area contributed by atoms with Crippen molar-refractivity contribution in [3.63, 3.8) is 0 Å². The highest BCUT2D eigenvalue weighted by atomic mass is 35.5. The van der Waals surface area contributed by atoms with Gasteiger partial charge in [0.1, 0.15) is 11.6 Å². The lowest BCUT2D eigenvalue weighted by Crippen LogP contribution is -2.14. The average molecular weight is 297 g/mol. The predicted octanol–water partition coefficient (Wildman–Crippen LogP) is 3.65. The number of nitrogens with one attached hydrogen (secondary N) is 1. The lowest BCUT2D eigenvalue weighted by molar-refractivity contribution is 0.102. The van der Waals surface area contributed by atoms with Crippen LogP contribution in [0.3, 0.4) is 0 Å². The van der Waals surface area contributed by atoms with Crippen LogP contribution in [0, 0.1) is 0 Å². The minimum atomic E-state index is -0.367. The van der Waals surface area contributed by atoms with Crippen molar-refractivity contribution >= 4 is 34.9 Å². The Morgan fingerprint density at radius 2 is 1.95 bits per heavy atom. The molecule has 0 aliphatic heterocycles. The molecule has 0 saturated carbocycles. The molecular formula is C13H10Cl2N2O2. The fourth-order valence-corrected chi connectivity index (χ4v) is 1.85. The predicted molar refractivity (Wildman–Crippen MR) is 75.2 cm³/mol. The number of hydrogen-bond acceptors (Lipinski definition) is 3. The van der Waals surface area contributed by atoms with E-state index in [1.54, 1.807) is 24.3 Å². The van der Waals surface area contributed by atoms with Crippen LogP contribution in [0.2, 0.25) is 10.0 Å². The van der Waals surface area contributed by atoms with Gasteiger partial charge < -0.3 is 10.1 Å². The minimum absolute atomic E-state index is 0.330. The van der Waals surface area contributed by atoms with Gasteiger partial charge in [-0.25, -0.2) is 4.98 Å². The quantitative estimate of drug-likeness (QED) is 0.940. The van der Waals surface area contributed by atoms with Gasteiger partial charge in [-0.3, -0.25) is 4.79 Å². The van der Waals surface area contributed by atoms with E-state index in [1.165, 1.54) is 19.4 Å². The van der Waals surface area contributed by atoms with Crippen molar-refractivity contribution in [3.05, 3.63) is 52.1 Å². The van der Waals surface area contributed by atoms with E-state index >= 15 is 0 Å². The Kier molecular flexibility index (Phi) is 4.24. The Bertz CT molecular complexity index is 617. The number of carbonyl (C=O) groups is 1. The number of amides is 1. The highest BCUT2D eigenvalue weighted by Crippen LogP contribution is 2.23. The smallest absolute Gasteiger partial charge is 0.260 e. The molecule has 0 spiro atoms. The van der Waals surface area contributed by atoms with Crippen LogP contribution in [0.25, 0.3) is 0 Å². The Balaban J connectivity index is 2.27. The third kappa shape index (κ3) is 3.36. The number of nitrogens with zero attached hydrogens (tertiary/aromatic N) is 1. The molecular weight excluding hydrogens is 287 g/mol. The van der Waals surface area contributed by atoms with Gasteiger partial charge >= 0.3 is 0 Å². The summed E-state index contributed by atoms with van der Waals surface area (Å²) in [6.07, 6.45) is 1.51. The molecule has 1 N–H and O–H groups in total. The first-order valence-corrected chi connectivity index (χ1v) is 6.12. The van der Waals surface area contributed by atoms with E-state index in [-0.39, 0.29) is 5.91 Å². The Labute approximate surface area is 120 Å². The molecule has 0 aliphatic carbocycles. The van der Waals surface area contributed by atoms with Crippen molar-refractivity contribution in [3.8, 4) is 5.75 Å². The lowest BCUT2D eigenvalue weighted by atomic mass is 10.2. The number of ether oxygens (including phenoxy) is 1. The third-order valence-electron chi connectivity index (χ3n) is 2.37. The molecule has 98 valence electrons. The van der Waals surface area contributed by atoms with Crippen molar-refractivity contribution in [1.29, 1.82) is 0 Å². The van der Waals surface area contributed by atoms with Gasteiger partial charge in [-0.2, -0.15) is 0 Å². The van der Waals surface area contributed by atoms with Gasteiger partial charge in [-0.05, 0) is 30.3 Å². The SMILES string of the molecule is COc1ccc(Cl)cc1C(=O)Nc1cc(Cl)ccn1. The molecule has 2 rings (SSSR count). The standard InChI is InChI=1S/C13H10Cl2N2O2/c1-19-11-3-2-8(14)6-10(11)13(18)17-12-7-9(15)4-5-16-12/h2-7H,1H3,(H,16,17,18). The van der Waals surface area contributed by atoms with Crippen LogP contribution >= 0.6 is 23.2 Å². The van der Waals surface area contributed by atoms with Gasteiger partial charge in [0, 0.05) is 16.2 Å². The summed E-state index contributed by atoms with van der Waals surface area (Å²) in [5.41, 5.74) is 0.330. The molecule has 0 fully saturated rings. The molecule has 19 heavy (non-hydrogen) atoms. The van der Waals surface area contributed by atoms with Gasteiger partial charge in [-0.1, -0.05) is 23.2 Å². The molecule has 0 atom stereocenters. The normalized spacial score (nSPS) is 10.1. The molecule has 1 heterocycles. The molecule has 0 saturated heterocycles. The summed E-state index contributed by atoms with van der Waals surface area (Å²) in [5.74, 6) is 0.428. The van der Waals surface area contributed by atoms with Gasteiger partial charge in [0.15, 0.2) is 0 Å². The number of hydrogen-bond donors (Lipinski definition) is 1. The molecule has 0 unspecified atom stereocenters. The second-order valence-electron chi connectivity index (χ2n) is 3.66. The molecule has 4 nitrogen and oxygen atoms in total. The maximum absolute atomic E-state index is 12.1. The van der Waals surface area contributed by atoms with Crippen LogP contribution in [-0.2, 0) is 0 Å². The van der Waals surface area contributed by atoms with Crippen LogP contribution in [0.4, 0.5) is 5.82 Å². The molecule has 6 heteroatoms. The van der Waals surface area contributed by atoms with Crippen molar-refractivity contribution in [2.45, 2.75) is 0 Å². The van der Waals surface area contributed by atoms with Crippen molar-refractivity contribution in [2.24, 2.45) is 0 Å². The van der Waals surface area contributed by atoms with Crippen LogP contribution in [0.1, 0.15) is 10.4 Å². The van der Waals surface area contributed by atoms with E-state index in [9.17, 15) is 4.79 Å². The van der Waals surface area contributed by atoms with Crippen molar-refractivity contribution in [1.82, 2.24) is 4.98 Å². The van der Waals surface area contributed by atoms with E-state index in [4.69, 9.17) is 27.9 Å². The largest absolute Gasteiger partial charge is 0.496 e. The number of carbonyl (C=O) groups excluding carboxylic acids is 1. The van der Waals surface area contributed by atoms with Gasteiger partial charge in [0.25, 0.3) is 5.91 Å². The number of rotatable bonds is 3. The highest BCUT2D eigenvalue weighted by molar-refractivity contribution is 6.31. The van der Waals surface area contributed by atoms with Crippen molar-refractivity contribution in [2.75, 3.05) is 12.4 Å². The van der Waals surface area contributed by atoms with Gasteiger partial charge in [-0.15, -0.1) is 0 Å². The molecule has 0 radical (unpaired) electrons. The fraction of sp³-hybridized carbons (Fsp3) is 0.0769. The highest BCUT2D eigenvalue weighted by Gasteiger charge is 2.13. The zero-order valence-electron chi connectivity index (χ0n) is 9.98. The summed E-state index contributed by atoms with van der Waals surface area (Å²) in [6.45, 7) is 0. The van der Waals surface area contributed by atoms with Crippen LogP contribution in [0.5, 0.6) is 5.75 Å². The zero-order valence-corrected chi connectivity index (χ0v) is 11.5. The van der Waals surface area contributed by atoms with E-state index in [0.717, 1.165) is 0 Å². The fourth-order valence-electron chi connectivity index (χ4n) is 1.51. The summed E-state index contributed by atoms with van der Waals surface area (Å²) in [6, 6.07) is 7.98. The number of anilines is 1. The number of benzene rings is 1. The second-order valence-corrected chi connectivity index (χ2v) is 4.53. The van der Waals surface area contributed by atoms with Crippen LogP contribution in [0.15, 0.2) is 36.5 Å². The van der Waals surface area contributed by atoms with Crippen molar-refractivity contribution < 1.29 is 9.53 Å². The Morgan fingerprint density at radius 3 is 2.63 bits per heavy atom. The van der Waals surface area contributed by atoms with E-state index in [2.05, 4.69) is 10.3 Å². The summed E-state index contributed by atoms with van der Waals surface area (Å²) in [7, 11) is 1.48. The number of halogens is 2. The number of pyridine rings is 1. The Morgan fingerprint density at radius 1 is 1.21 bits per heavy atom. The summed E-state index contributed by atoms with van der Waals surface area (Å²) < 4.78 is 5.12. The molecule has 1 amide bonds. The maximum Gasteiger partial charge on any atom is 0.260 e. The molecule has 0 bridgehead atoms. The number of methoxy groups -OCH3 is 1. The molecule has 0 aliphatic rings. The molecule has 1 aromatic heterocycles. The first kappa shape index (κ1) is 13.6. The summed E-state index contributed by atoms with van der Waals surface area (Å²) in [4.78, 5) is 16.1. The summed E-state index contributed by atoms with van der Waals surface area (Å²) >= 11 is 11.7. The lowest BCUT2D eigenvalue weighted by Gasteiger charge is -2.09. The van der Waals surface area contributed by atoms with E-state index in [0.29, 0.717) is 27.2 Å². The van der Waals surface area contributed by atoms with Gasteiger partial charge in [0.05, 0.1) is 12.7 Å². The molecule has 1 aromatic carbocycles. The van der Waals surface area contributed by atoms with Crippen LogP contribution < -0.4 is 10.1 Å². The van der Waals surface area contributed by atoms with Gasteiger partial charge in [0.2, 0.25) is 0 Å². The first-order valence-electron chi connectivity index (χ1n) is 5.36.